The summed E-state index contributed by atoms with van der Waals surface area (Å²) in [5, 5.41) is 9.99. The predicted octanol–water partition coefficient (Wildman–Crippen LogP) is 3.34. The van der Waals surface area contributed by atoms with Gasteiger partial charge in [-0.25, -0.2) is 4.79 Å². The molecule has 0 heterocycles. The van der Waals surface area contributed by atoms with Crippen LogP contribution in [0, 0.1) is 0 Å². The Hall–Kier alpha value is -1.31. The van der Waals surface area contributed by atoms with E-state index in [4.69, 9.17) is 0 Å². The molecule has 2 saturated carbocycles. The second kappa shape index (κ2) is 8.59. The Morgan fingerprint density at radius 3 is 1.73 bits per heavy atom. The highest BCUT2D eigenvalue weighted by Gasteiger charge is 2.62. The largest absolute Gasteiger partial charge is 0.467 e. The lowest BCUT2D eigenvalue weighted by Gasteiger charge is -2.43. The van der Waals surface area contributed by atoms with E-state index in [9.17, 15) is 27.9 Å². The van der Waals surface area contributed by atoms with Crippen molar-refractivity contribution in [2.45, 2.75) is 94.5 Å². The molecule has 8 heteroatoms. The van der Waals surface area contributed by atoms with Crippen LogP contribution in [0.2, 0.25) is 0 Å². The average molecular weight is 379 g/mol. The van der Waals surface area contributed by atoms with Crippen LogP contribution in [0.1, 0.15) is 70.6 Å². The maximum Gasteiger partial charge on any atom is 0.428 e. The predicted molar refractivity (Wildman–Crippen MR) is 88.2 cm³/mol. The minimum Gasteiger partial charge on any atom is -0.467 e. The zero-order valence-electron chi connectivity index (χ0n) is 15.2. The van der Waals surface area contributed by atoms with Crippen molar-refractivity contribution in [1.82, 2.24) is 4.90 Å². The number of halogens is 3. The Morgan fingerprint density at radius 2 is 1.38 bits per heavy atom. The molecule has 0 bridgehead atoms. The number of alkyl halides is 3. The van der Waals surface area contributed by atoms with Crippen molar-refractivity contribution in [3.05, 3.63) is 0 Å². The molecule has 0 aliphatic heterocycles. The third-order valence-electron chi connectivity index (χ3n) is 5.62. The van der Waals surface area contributed by atoms with E-state index in [0.29, 0.717) is 0 Å². The van der Waals surface area contributed by atoms with Crippen LogP contribution in [-0.2, 0) is 14.3 Å². The van der Waals surface area contributed by atoms with E-state index in [-0.39, 0.29) is 12.1 Å². The Morgan fingerprint density at radius 1 is 0.962 bits per heavy atom. The smallest absolute Gasteiger partial charge is 0.428 e. The van der Waals surface area contributed by atoms with Crippen molar-refractivity contribution >= 4 is 11.9 Å². The first-order valence-electron chi connectivity index (χ1n) is 9.39. The highest BCUT2D eigenvalue weighted by Crippen LogP contribution is 2.37. The molecule has 1 atom stereocenters. The number of rotatable bonds is 5. The molecule has 1 N–H and O–H groups in total. The van der Waals surface area contributed by atoms with E-state index in [1.807, 2.05) is 0 Å². The Kier molecular flexibility index (Phi) is 6.93. The number of hydrogen-bond acceptors (Lipinski definition) is 4. The van der Waals surface area contributed by atoms with E-state index in [0.717, 1.165) is 71.3 Å². The van der Waals surface area contributed by atoms with Crippen LogP contribution < -0.4 is 0 Å². The summed E-state index contributed by atoms with van der Waals surface area (Å²) in [5.41, 5.74) is -3.81. The van der Waals surface area contributed by atoms with Gasteiger partial charge in [0.2, 0.25) is 5.91 Å². The van der Waals surface area contributed by atoms with Crippen LogP contribution in [0.25, 0.3) is 0 Å². The number of aliphatic hydroxyl groups is 1. The van der Waals surface area contributed by atoms with E-state index < -0.39 is 30.1 Å². The lowest BCUT2D eigenvalue weighted by atomic mass is 9.87. The van der Waals surface area contributed by atoms with Crippen LogP contribution in [0.15, 0.2) is 0 Å². The third-order valence-corrected chi connectivity index (χ3v) is 5.62. The fourth-order valence-electron chi connectivity index (χ4n) is 4.19. The molecule has 2 rings (SSSR count). The number of carbonyl (C=O) groups excluding carboxylic acids is 2. The number of methoxy groups -OCH3 is 1. The van der Waals surface area contributed by atoms with Gasteiger partial charge in [0.25, 0.3) is 5.60 Å². The Labute approximate surface area is 151 Å². The third kappa shape index (κ3) is 4.50. The summed E-state index contributed by atoms with van der Waals surface area (Å²) < 4.78 is 44.1. The quantitative estimate of drug-likeness (QED) is 0.744. The second-order valence-corrected chi connectivity index (χ2v) is 7.41. The summed E-state index contributed by atoms with van der Waals surface area (Å²) in [6.07, 6.45) is 2.25. The van der Waals surface area contributed by atoms with Crippen LogP contribution in [0.4, 0.5) is 13.2 Å². The monoisotopic (exact) mass is 379 g/mol. The van der Waals surface area contributed by atoms with Gasteiger partial charge < -0.3 is 14.7 Å². The van der Waals surface area contributed by atoms with Gasteiger partial charge in [-0.15, -0.1) is 0 Å². The van der Waals surface area contributed by atoms with Crippen LogP contribution >= 0.6 is 0 Å². The summed E-state index contributed by atoms with van der Waals surface area (Å²) in [4.78, 5) is 26.1. The van der Waals surface area contributed by atoms with Crippen molar-refractivity contribution in [3.63, 3.8) is 0 Å². The fourth-order valence-corrected chi connectivity index (χ4v) is 4.19. The molecule has 0 aromatic carbocycles. The molecule has 0 radical (unpaired) electrons. The lowest BCUT2D eigenvalue weighted by Crippen LogP contribution is -2.58. The highest BCUT2D eigenvalue weighted by molar-refractivity contribution is 5.88. The Bertz CT molecular complexity index is 481. The van der Waals surface area contributed by atoms with Crippen LogP contribution in [-0.4, -0.2) is 52.9 Å². The minimum atomic E-state index is -5.28. The normalized spacial score (nSPS) is 22.5. The molecule has 1 unspecified atom stereocenters. The number of hydrogen-bond donors (Lipinski definition) is 1. The van der Waals surface area contributed by atoms with Crippen molar-refractivity contribution in [1.29, 1.82) is 0 Å². The van der Waals surface area contributed by atoms with Gasteiger partial charge in [0.1, 0.15) is 0 Å². The highest BCUT2D eigenvalue weighted by atomic mass is 19.4. The molecular formula is C18H28F3NO4. The first-order chi connectivity index (χ1) is 12.2. The average Bonchev–Trinajstić information content (AvgIpc) is 2.62. The van der Waals surface area contributed by atoms with Gasteiger partial charge in [0.05, 0.1) is 13.5 Å². The molecule has 0 spiro atoms. The van der Waals surface area contributed by atoms with E-state index in [1.165, 1.54) is 0 Å². The number of amides is 1. The molecule has 2 fully saturated rings. The maximum atomic E-state index is 13.3. The molecule has 0 aromatic heterocycles. The van der Waals surface area contributed by atoms with Gasteiger partial charge in [0.15, 0.2) is 0 Å². The molecule has 0 saturated heterocycles. The molecule has 26 heavy (non-hydrogen) atoms. The molecule has 150 valence electrons. The molecule has 2 aliphatic carbocycles. The van der Waals surface area contributed by atoms with E-state index in [1.54, 1.807) is 4.90 Å². The fraction of sp³-hybridized carbons (Fsp3) is 0.889. The number of esters is 1. The van der Waals surface area contributed by atoms with E-state index >= 15 is 0 Å². The van der Waals surface area contributed by atoms with Crippen molar-refractivity contribution in [3.8, 4) is 0 Å². The van der Waals surface area contributed by atoms with Gasteiger partial charge in [-0.3, -0.25) is 4.79 Å². The summed E-state index contributed by atoms with van der Waals surface area (Å²) in [5.74, 6) is -2.65. The lowest BCUT2D eigenvalue weighted by molar-refractivity contribution is -0.263. The summed E-state index contributed by atoms with van der Waals surface area (Å²) in [6.45, 7) is 0. The summed E-state index contributed by atoms with van der Waals surface area (Å²) in [6, 6.07) is -0.232. The van der Waals surface area contributed by atoms with Gasteiger partial charge in [-0.05, 0) is 25.7 Å². The topological polar surface area (TPSA) is 66.8 Å². The molecular weight excluding hydrogens is 351 g/mol. The van der Waals surface area contributed by atoms with Crippen LogP contribution in [0.3, 0.4) is 0 Å². The summed E-state index contributed by atoms with van der Waals surface area (Å²) in [7, 11) is 0.767. The minimum absolute atomic E-state index is 0.116. The van der Waals surface area contributed by atoms with Gasteiger partial charge >= 0.3 is 12.1 Å². The van der Waals surface area contributed by atoms with Crippen LogP contribution in [0.5, 0.6) is 0 Å². The molecule has 2 aliphatic rings. The van der Waals surface area contributed by atoms with Gasteiger partial charge in [0, 0.05) is 12.1 Å². The van der Waals surface area contributed by atoms with Crippen molar-refractivity contribution in [2.24, 2.45) is 0 Å². The van der Waals surface area contributed by atoms with Gasteiger partial charge in [-0.2, -0.15) is 13.2 Å². The Balaban J connectivity index is 2.24. The zero-order chi connectivity index (χ0) is 19.4. The molecule has 1 amide bonds. The maximum absolute atomic E-state index is 13.3. The first-order valence-corrected chi connectivity index (χ1v) is 9.39. The van der Waals surface area contributed by atoms with Crippen molar-refractivity contribution < 1.29 is 32.6 Å². The second-order valence-electron chi connectivity index (χ2n) is 7.41. The van der Waals surface area contributed by atoms with Gasteiger partial charge in [-0.1, -0.05) is 38.5 Å². The molecule has 0 aromatic rings. The van der Waals surface area contributed by atoms with E-state index in [2.05, 4.69) is 4.74 Å². The zero-order valence-corrected chi connectivity index (χ0v) is 15.2. The number of carbonyl (C=O) groups is 2. The number of nitrogens with zero attached hydrogens (tertiary/aromatic N) is 1. The molecule has 5 nitrogen and oxygen atoms in total. The first kappa shape index (κ1) is 21.0. The van der Waals surface area contributed by atoms with Crippen molar-refractivity contribution in [2.75, 3.05) is 7.11 Å². The number of ether oxygens (including phenoxy) is 1. The standard InChI is InChI=1S/C18H28F3NO4/c1-26-16(24)17(25,18(19,20)21)12-15(23)22(13-8-4-2-5-9-13)14-10-6-3-7-11-14/h13-14,25H,2-12H2,1H3. The SMILES string of the molecule is COC(=O)C(O)(CC(=O)N(C1CCCCC1)C1CCCCC1)C(F)(F)F. The summed E-state index contributed by atoms with van der Waals surface area (Å²) >= 11 is 0.